The van der Waals surface area contributed by atoms with Crippen LogP contribution in [-0.4, -0.2) is 38.9 Å². The molecule has 1 aliphatic rings. The number of aromatic nitrogens is 2. The van der Waals surface area contributed by atoms with Crippen LogP contribution in [0.15, 0.2) is 15.8 Å². The minimum Gasteiger partial charge on any atom is -0.395 e. The van der Waals surface area contributed by atoms with Crippen LogP contribution in [0.4, 0.5) is 0 Å². The monoisotopic (exact) mass is 227 g/mol. The van der Waals surface area contributed by atoms with Crippen LogP contribution < -0.4 is 16.6 Å². The first-order chi connectivity index (χ1) is 7.61. The minimum absolute atomic E-state index is 0.196. The number of aliphatic hydroxyl groups is 2. The molecule has 1 aromatic heterocycles. The number of hydrogen-bond acceptors (Lipinski definition) is 5. The van der Waals surface area contributed by atoms with Gasteiger partial charge in [-0.15, -0.1) is 0 Å². The van der Waals surface area contributed by atoms with E-state index < -0.39 is 23.4 Å². The molecule has 1 aliphatic heterocycles. The van der Waals surface area contributed by atoms with Crippen LogP contribution in [0.25, 0.3) is 0 Å². The Morgan fingerprint density at radius 3 is 2.75 bits per heavy atom. The van der Waals surface area contributed by atoms with Crippen LogP contribution in [0.2, 0.25) is 0 Å². The molecule has 2 rings (SSSR count). The molecule has 0 radical (unpaired) electrons. The highest BCUT2D eigenvalue weighted by molar-refractivity contribution is 5.13. The summed E-state index contributed by atoms with van der Waals surface area (Å²) in [7, 11) is 0. The Morgan fingerprint density at radius 2 is 2.19 bits per heavy atom. The van der Waals surface area contributed by atoms with Gasteiger partial charge in [-0.1, -0.05) is 0 Å². The molecule has 1 aromatic rings. The van der Waals surface area contributed by atoms with Crippen molar-refractivity contribution in [1.82, 2.24) is 15.3 Å². The van der Waals surface area contributed by atoms with E-state index in [4.69, 9.17) is 5.11 Å². The van der Waals surface area contributed by atoms with Crippen molar-refractivity contribution in [2.75, 3.05) is 6.61 Å². The highest BCUT2D eigenvalue weighted by atomic mass is 16.3. The Kier molecular flexibility index (Phi) is 2.90. The van der Waals surface area contributed by atoms with Crippen molar-refractivity contribution in [1.29, 1.82) is 0 Å². The third-order valence-corrected chi connectivity index (χ3v) is 2.78. The maximum atomic E-state index is 11.5. The standard InChI is InChI=1S/C9H13N3O4/c13-3-6-7(14)1-5(11-6)4-2-10-9(16)12-8(4)15/h2,5-7,11,13-14H,1,3H2,(H2,10,12,15,16)/t5?,6-,7-/m0/s1. The van der Waals surface area contributed by atoms with Gasteiger partial charge in [-0.2, -0.15) is 0 Å². The molecule has 0 amide bonds. The van der Waals surface area contributed by atoms with E-state index in [9.17, 15) is 14.7 Å². The number of rotatable bonds is 2. The van der Waals surface area contributed by atoms with Gasteiger partial charge in [-0.3, -0.25) is 9.78 Å². The number of hydrogen-bond donors (Lipinski definition) is 5. The minimum atomic E-state index is -0.693. The average Bonchev–Trinajstić information content (AvgIpc) is 2.59. The quantitative estimate of drug-likeness (QED) is 0.393. The second-order valence-electron chi connectivity index (χ2n) is 3.84. The molecule has 7 nitrogen and oxygen atoms in total. The summed E-state index contributed by atoms with van der Waals surface area (Å²) in [6, 6.07) is -0.788. The summed E-state index contributed by atoms with van der Waals surface area (Å²) in [5.41, 5.74) is -0.687. The summed E-state index contributed by atoms with van der Waals surface area (Å²) >= 11 is 0. The fourth-order valence-electron chi connectivity index (χ4n) is 1.91. The molecule has 0 aliphatic carbocycles. The Balaban J connectivity index is 2.27. The van der Waals surface area contributed by atoms with E-state index in [0.717, 1.165) is 0 Å². The first kappa shape index (κ1) is 11.1. The zero-order valence-corrected chi connectivity index (χ0v) is 8.43. The molecule has 0 bridgehead atoms. The summed E-state index contributed by atoms with van der Waals surface area (Å²) < 4.78 is 0. The zero-order chi connectivity index (χ0) is 11.7. The molecular formula is C9H13N3O4. The first-order valence-electron chi connectivity index (χ1n) is 4.98. The molecular weight excluding hydrogens is 214 g/mol. The van der Waals surface area contributed by atoms with Crippen molar-refractivity contribution in [3.05, 3.63) is 32.6 Å². The van der Waals surface area contributed by atoms with Crippen molar-refractivity contribution in [3.8, 4) is 0 Å². The van der Waals surface area contributed by atoms with Crippen molar-refractivity contribution < 1.29 is 10.2 Å². The Labute approximate surface area is 90.2 Å². The lowest BCUT2D eigenvalue weighted by molar-refractivity contribution is 0.121. The smallest absolute Gasteiger partial charge is 0.325 e. The Bertz CT molecular complexity index is 480. The molecule has 3 atom stereocenters. The maximum Gasteiger partial charge on any atom is 0.325 e. The molecule has 0 spiro atoms. The van der Waals surface area contributed by atoms with E-state index in [0.29, 0.717) is 12.0 Å². The predicted molar refractivity (Wildman–Crippen MR) is 55.1 cm³/mol. The van der Waals surface area contributed by atoms with Crippen molar-refractivity contribution >= 4 is 0 Å². The summed E-state index contributed by atoms with van der Waals surface area (Å²) in [5, 5.41) is 21.4. The van der Waals surface area contributed by atoms with Crippen LogP contribution in [0.3, 0.4) is 0 Å². The second-order valence-corrected chi connectivity index (χ2v) is 3.84. The first-order valence-corrected chi connectivity index (χ1v) is 4.98. The topological polar surface area (TPSA) is 118 Å². The fourth-order valence-corrected chi connectivity index (χ4v) is 1.91. The van der Waals surface area contributed by atoms with Gasteiger partial charge in [0.25, 0.3) is 5.56 Å². The van der Waals surface area contributed by atoms with Crippen molar-refractivity contribution in [2.45, 2.75) is 24.6 Å². The van der Waals surface area contributed by atoms with Crippen LogP contribution in [0.1, 0.15) is 18.0 Å². The largest absolute Gasteiger partial charge is 0.395 e. The number of nitrogens with one attached hydrogen (secondary N) is 3. The molecule has 7 heteroatoms. The highest BCUT2D eigenvalue weighted by Crippen LogP contribution is 2.23. The average molecular weight is 227 g/mol. The fraction of sp³-hybridized carbons (Fsp3) is 0.556. The van der Waals surface area contributed by atoms with Crippen molar-refractivity contribution in [2.24, 2.45) is 0 Å². The normalized spacial score (nSPS) is 29.5. The Morgan fingerprint density at radius 1 is 1.44 bits per heavy atom. The third-order valence-electron chi connectivity index (χ3n) is 2.78. The Hall–Kier alpha value is -1.44. The predicted octanol–water partition coefficient (Wildman–Crippen LogP) is -2.18. The van der Waals surface area contributed by atoms with Gasteiger partial charge in [0, 0.05) is 12.2 Å². The molecule has 88 valence electrons. The SMILES string of the molecule is O=c1[nH]cc(C2C[C@H](O)[C@H](CO)N2)c(=O)[nH]1. The van der Waals surface area contributed by atoms with Crippen LogP contribution in [-0.2, 0) is 0 Å². The van der Waals surface area contributed by atoms with Crippen LogP contribution in [0.5, 0.6) is 0 Å². The van der Waals surface area contributed by atoms with Gasteiger partial charge in [0.05, 0.1) is 24.3 Å². The highest BCUT2D eigenvalue weighted by Gasteiger charge is 2.33. The molecule has 1 saturated heterocycles. The van der Waals surface area contributed by atoms with Crippen LogP contribution in [0, 0.1) is 0 Å². The molecule has 2 heterocycles. The van der Waals surface area contributed by atoms with Gasteiger partial charge in [0.1, 0.15) is 0 Å². The molecule has 16 heavy (non-hydrogen) atoms. The zero-order valence-electron chi connectivity index (χ0n) is 8.43. The lowest BCUT2D eigenvalue weighted by Gasteiger charge is -2.11. The maximum absolute atomic E-state index is 11.5. The summed E-state index contributed by atoms with van der Waals surface area (Å²) in [4.78, 5) is 26.8. The third kappa shape index (κ3) is 1.92. The van der Waals surface area contributed by atoms with E-state index in [-0.39, 0.29) is 12.6 Å². The van der Waals surface area contributed by atoms with Gasteiger partial charge in [-0.05, 0) is 6.42 Å². The molecule has 0 saturated carbocycles. The van der Waals surface area contributed by atoms with Gasteiger partial charge >= 0.3 is 5.69 Å². The number of H-pyrrole nitrogens is 2. The van der Waals surface area contributed by atoms with E-state index >= 15 is 0 Å². The van der Waals surface area contributed by atoms with Gasteiger partial charge < -0.3 is 20.5 Å². The van der Waals surface area contributed by atoms with E-state index in [2.05, 4.69) is 15.3 Å². The lowest BCUT2D eigenvalue weighted by Crippen LogP contribution is -2.36. The summed E-state index contributed by atoms with van der Waals surface area (Å²) in [5.74, 6) is 0. The molecule has 5 N–H and O–H groups in total. The second kappa shape index (κ2) is 4.20. The van der Waals surface area contributed by atoms with Gasteiger partial charge in [0.15, 0.2) is 0 Å². The number of aromatic amines is 2. The van der Waals surface area contributed by atoms with Gasteiger partial charge in [0.2, 0.25) is 0 Å². The number of aliphatic hydroxyl groups excluding tert-OH is 2. The summed E-state index contributed by atoms with van der Waals surface area (Å²) in [6.07, 6.45) is 0.965. The van der Waals surface area contributed by atoms with Gasteiger partial charge in [-0.25, -0.2) is 4.79 Å². The van der Waals surface area contributed by atoms with E-state index in [1.807, 2.05) is 0 Å². The molecule has 0 aromatic carbocycles. The summed E-state index contributed by atoms with van der Waals surface area (Å²) in [6.45, 7) is -0.196. The van der Waals surface area contributed by atoms with E-state index in [1.165, 1.54) is 6.20 Å². The van der Waals surface area contributed by atoms with E-state index in [1.54, 1.807) is 0 Å². The van der Waals surface area contributed by atoms with Crippen LogP contribution >= 0.6 is 0 Å². The lowest BCUT2D eigenvalue weighted by atomic mass is 10.1. The molecule has 1 fully saturated rings. The molecule has 1 unspecified atom stereocenters. The van der Waals surface area contributed by atoms with Crippen molar-refractivity contribution in [3.63, 3.8) is 0 Å².